The highest BCUT2D eigenvalue weighted by Crippen LogP contribution is 2.59. The predicted molar refractivity (Wildman–Crippen MR) is 51.0 cm³/mol. The highest BCUT2D eigenvalue weighted by Gasteiger charge is 2.59. The van der Waals surface area contributed by atoms with Crippen LogP contribution in [0.25, 0.3) is 0 Å². The molecule has 1 fully saturated rings. The lowest BCUT2D eigenvalue weighted by Crippen LogP contribution is -2.54. The molecular formula is C9H17F2N3. The number of nitrogens with two attached hydrogens (primary N) is 2. The van der Waals surface area contributed by atoms with E-state index in [1.807, 2.05) is 13.8 Å². The van der Waals surface area contributed by atoms with E-state index in [2.05, 4.69) is 5.43 Å². The van der Waals surface area contributed by atoms with Gasteiger partial charge in [0, 0.05) is 30.2 Å². The molecule has 0 aromatic rings. The molecule has 0 saturated heterocycles. The number of nitrogens with one attached hydrogen (secondary N) is 1. The van der Waals surface area contributed by atoms with E-state index in [1.54, 1.807) is 0 Å². The molecular weight excluding hydrogens is 188 g/mol. The second-order valence-electron chi connectivity index (χ2n) is 4.25. The summed E-state index contributed by atoms with van der Waals surface area (Å²) in [4.78, 5) is 0. The van der Waals surface area contributed by atoms with E-state index >= 15 is 0 Å². The van der Waals surface area contributed by atoms with Crippen LogP contribution in [0.2, 0.25) is 0 Å². The summed E-state index contributed by atoms with van der Waals surface area (Å²) in [6, 6.07) is 0. The van der Waals surface area contributed by atoms with E-state index in [0.29, 0.717) is 5.70 Å². The van der Waals surface area contributed by atoms with Gasteiger partial charge in [-0.25, -0.2) is 8.78 Å². The van der Waals surface area contributed by atoms with Crippen LogP contribution in [-0.2, 0) is 0 Å². The first-order chi connectivity index (χ1) is 6.38. The highest BCUT2D eigenvalue weighted by molar-refractivity contribution is 5.20. The fraction of sp³-hybridized carbons (Fsp3) is 0.778. The number of alkyl halides is 2. The Labute approximate surface area is 82.5 Å². The molecule has 0 spiro atoms. The lowest BCUT2D eigenvalue weighted by atomic mass is 9.58. The van der Waals surface area contributed by atoms with Crippen molar-refractivity contribution in [1.82, 2.24) is 5.43 Å². The van der Waals surface area contributed by atoms with Gasteiger partial charge in [0.25, 0.3) is 0 Å². The van der Waals surface area contributed by atoms with Gasteiger partial charge >= 0.3 is 0 Å². The standard InChI is InChI=1S/C9H17F2N3/c1-6(2)8(7(3-12)14-13)4-9(10,11)5-8/h3,6,14H,4-5,12-13H2,1-2H3/b7-3-. The van der Waals surface area contributed by atoms with Crippen LogP contribution in [0.1, 0.15) is 26.7 Å². The van der Waals surface area contributed by atoms with E-state index in [0.717, 1.165) is 0 Å². The number of allylic oxidation sites excluding steroid dienone is 1. The van der Waals surface area contributed by atoms with Crippen molar-refractivity contribution in [3.63, 3.8) is 0 Å². The Hall–Kier alpha value is -0.840. The lowest BCUT2D eigenvalue weighted by Gasteiger charge is -2.51. The minimum atomic E-state index is -2.57. The van der Waals surface area contributed by atoms with Gasteiger partial charge in [0.2, 0.25) is 5.92 Å². The molecule has 0 aromatic heterocycles. The van der Waals surface area contributed by atoms with Gasteiger partial charge in [-0.05, 0) is 5.92 Å². The smallest absolute Gasteiger partial charge is 0.250 e. The van der Waals surface area contributed by atoms with Crippen LogP contribution in [0.15, 0.2) is 11.9 Å². The lowest BCUT2D eigenvalue weighted by molar-refractivity contribution is -0.164. The quantitative estimate of drug-likeness (QED) is 0.481. The summed E-state index contributed by atoms with van der Waals surface area (Å²) in [6.07, 6.45) is 0.936. The van der Waals surface area contributed by atoms with Crippen LogP contribution in [0.3, 0.4) is 0 Å². The molecule has 0 amide bonds. The summed E-state index contributed by atoms with van der Waals surface area (Å²) < 4.78 is 25.8. The summed E-state index contributed by atoms with van der Waals surface area (Å²) in [6.45, 7) is 3.80. The molecule has 0 radical (unpaired) electrons. The summed E-state index contributed by atoms with van der Waals surface area (Å²) in [5.41, 5.74) is 7.71. The molecule has 0 aromatic carbocycles. The maximum atomic E-state index is 12.9. The fourth-order valence-electron chi connectivity index (χ4n) is 2.14. The zero-order chi connectivity index (χ0) is 11.0. The second kappa shape index (κ2) is 3.38. The van der Waals surface area contributed by atoms with Crippen molar-refractivity contribution in [2.24, 2.45) is 22.9 Å². The van der Waals surface area contributed by atoms with E-state index in [9.17, 15) is 8.78 Å². The van der Waals surface area contributed by atoms with Crippen LogP contribution < -0.4 is 17.0 Å². The summed E-state index contributed by atoms with van der Waals surface area (Å²) in [7, 11) is 0. The summed E-state index contributed by atoms with van der Waals surface area (Å²) >= 11 is 0. The molecule has 0 atom stereocenters. The predicted octanol–water partition coefficient (Wildman–Crippen LogP) is 1.32. The highest BCUT2D eigenvalue weighted by atomic mass is 19.3. The molecule has 0 unspecified atom stereocenters. The Morgan fingerprint density at radius 3 is 2.14 bits per heavy atom. The van der Waals surface area contributed by atoms with Crippen LogP contribution >= 0.6 is 0 Å². The number of hydrazine groups is 1. The molecule has 1 rings (SSSR count). The molecule has 3 nitrogen and oxygen atoms in total. The maximum Gasteiger partial charge on any atom is 0.250 e. The minimum absolute atomic E-state index is 0.0907. The zero-order valence-electron chi connectivity index (χ0n) is 8.48. The summed E-state index contributed by atoms with van der Waals surface area (Å²) in [5, 5.41) is 0. The topological polar surface area (TPSA) is 64.1 Å². The monoisotopic (exact) mass is 205 g/mol. The maximum absolute atomic E-state index is 12.9. The van der Waals surface area contributed by atoms with Crippen molar-refractivity contribution in [3.8, 4) is 0 Å². The molecule has 0 aliphatic heterocycles. The Morgan fingerprint density at radius 1 is 1.43 bits per heavy atom. The van der Waals surface area contributed by atoms with Crippen molar-refractivity contribution in [3.05, 3.63) is 11.9 Å². The van der Waals surface area contributed by atoms with Crippen molar-refractivity contribution < 1.29 is 8.78 Å². The largest absolute Gasteiger partial charge is 0.403 e. The second-order valence-corrected chi connectivity index (χ2v) is 4.25. The van der Waals surface area contributed by atoms with Crippen LogP contribution in [0.4, 0.5) is 8.78 Å². The molecule has 0 bridgehead atoms. The van der Waals surface area contributed by atoms with Crippen molar-refractivity contribution in [2.45, 2.75) is 32.6 Å². The first-order valence-electron chi connectivity index (χ1n) is 4.65. The van der Waals surface area contributed by atoms with E-state index in [4.69, 9.17) is 11.6 Å². The third kappa shape index (κ3) is 1.56. The van der Waals surface area contributed by atoms with Gasteiger partial charge in [0.1, 0.15) is 0 Å². The van der Waals surface area contributed by atoms with Crippen LogP contribution in [0.5, 0.6) is 0 Å². The van der Waals surface area contributed by atoms with Gasteiger partial charge in [-0.2, -0.15) is 0 Å². The third-order valence-corrected chi connectivity index (χ3v) is 3.11. The Balaban J connectivity index is 2.88. The number of halogens is 2. The number of hydrogen-bond donors (Lipinski definition) is 3. The average molecular weight is 205 g/mol. The Bertz CT molecular complexity index is 240. The number of rotatable bonds is 3. The molecule has 5 heteroatoms. The van der Waals surface area contributed by atoms with Gasteiger partial charge < -0.3 is 11.2 Å². The fourth-order valence-corrected chi connectivity index (χ4v) is 2.14. The van der Waals surface area contributed by atoms with Gasteiger partial charge in [-0.1, -0.05) is 13.8 Å². The summed E-state index contributed by atoms with van der Waals surface area (Å²) in [5.74, 6) is 2.78. The molecule has 1 aliphatic carbocycles. The van der Waals surface area contributed by atoms with Crippen molar-refractivity contribution >= 4 is 0 Å². The van der Waals surface area contributed by atoms with E-state index < -0.39 is 11.3 Å². The molecule has 82 valence electrons. The first kappa shape index (κ1) is 11.2. The SMILES string of the molecule is CC(C)C1(/C(=C/N)NN)CC(F)(F)C1. The Kier molecular flexibility index (Phi) is 2.71. The normalized spacial score (nSPS) is 24.6. The molecule has 14 heavy (non-hydrogen) atoms. The van der Waals surface area contributed by atoms with Crippen LogP contribution in [-0.4, -0.2) is 5.92 Å². The molecule has 0 heterocycles. The van der Waals surface area contributed by atoms with E-state index in [-0.39, 0.29) is 18.8 Å². The first-order valence-corrected chi connectivity index (χ1v) is 4.65. The van der Waals surface area contributed by atoms with Crippen molar-refractivity contribution in [2.75, 3.05) is 0 Å². The van der Waals surface area contributed by atoms with Gasteiger partial charge in [0.15, 0.2) is 0 Å². The molecule has 5 N–H and O–H groups in total. The van der Waals surface area contributed by atoms with E-state index in [1.165, 1.54) is 6.20 Å². The minimum Gasteiger partial charge on any atom is -0.403 e. The van der Waals surface area contributed by atoms with Gasteiger partial charge in [-0.3, -0.25) is 5.84 Å². The molecule has 1 aliphatic rings. The number of hydrogen-bond acceptors (Lipinski definition) is 3. The molecule has 1 saturated carbocycles. The Morgan fingerprint density at radius 2 is 1.93 bits per heavy atom. The van der Waals surface area contributed by atoms with Crippen LogP contribution in [0, 0.1) is 11.3 Å². The van der Waals surface area contributed by atoms with Gasteiger partial charge in [0.05, 0.1) is 0 Å². The zero-order valence-corrected chi connectivity index (χ0v) is 8.48. The van der Waals surface area contributed by atoms with Gasteiger partial charge in [-0.15, -0.1) is 0 Å². The average Bonchev–Trinajstić information content (AvgIpc) is 2.02. The third-order valence-electron chi connectivity index (χ3n) is 3.11. The van der Waals surface area contributed by atoms with Crippen molar-refractivity contribution in [1.29, 1.82) is 0 Å².